The number of piperidine rings is 1. The summed E-state index contributed by atoms with van der Waals surface area (Å²) in [6.45, 7) is 4.73. The van der Waals surface area contributed by atoms with Crippen LogP contribution in [0.5, 0.6) is 5.75 Å². The monoisotopic (exact) mass is 312 g/mol. The molecule has 0 aliphatic carbocycles. The maximum atomic E-state index is 12.5. The Labute approximate surface area is 133 Å². The van der Waals surface area contributed by atoms with Crippen molar-refractivity contribution in [2.75, 3.05) is 26.7 Å². The van der Waals surface area contributed by atoms with E-state index in [1.165, 1.54) is 0 Å². The molecule has 2 rings (SSSR count). The molecule has 5 heteroatoms. The molecule has 0 unspecified atom stereocenters. The number of rotatable bonds is 5. The molecule has 1 fully saturated rings. The SMILES string of the molecule is CCCOc1cccc(C(=O)N(C)C2CCNCC2)c1.Cl. The highest BCUT2D eigenvalue weighted by molar-refractivity contribution is 5.94. The molecule has 1 heterocycles. The molecule has 118 valence electrons. The van der Waals surface area contributed by atoms with Gasteiger partial charge in [0, 0.05) is 18.7 Å². The molecule has 1 N–H and O–H groups in total. The number of benzene rings is 1. The molecule has 21 heavy (non-hydrogen) atoms. The summed E-state index contributed by atoms with van der Waals surface area (Å²) in [6, 6.07) is 7.82. The van der Waals surface area contributed by atoms with Crippen LogP contribution < -0.4 is 10.1 Å². The van der Waals surface area contributed by atoms with Crippen molar-refractivity contribution in [1.82, 2.24) is 10.2 Å². The molecule has 4 nitrogen and oxygen atoms in total. The highest BCUT2D eigenvalue weighted by atomic mass is 35.5. The van der Waals surface area contributed by atoms with E-state index in [2.05, 4.69) is 12.2 Å². The minimum atomic E-state index is 0. The number of ether oxygens (including phenoxy) is 1. The van der Waals surface area contributed by atoms with Gasteiger partial charge >= 0.3 is 0 Å². The second-order valence-corrected chi connectivity index (χ2v) is 5.27. The van der Waals surface area contributed by atoms with Crippen LogP contribution in [0.2, 0.25) is 0 Å². The summed E-state index contributed by atoms with van der Waals surface area (Å²) in [5, 5.41) is 3.32. The second kappa shape index (κ2) is 8.90. The van der Waals surface area contributed by atoms with Crippen molar-refractivity contribution >= 4 is 18.3 Å². The molecular weight excluding hydrogens is 288 g/mol. The van der Waals surface area contributed by atoms with E-state index < -0.39 is 0 Å². The van der Waals surface area contributed by atoms with Gasteiger partial charge in [0.2, 0.25) is 0 Å². The van der Waals surface area contributed by atoms with Gasteiger partial charge in [-0.1, -0.05) is 13.0 Å². The number of hydrogen-bond acceptors (Lipinski definition) is 3. The van der Waals surface area contributed by atoms with Crippen molar-refractivity contribution in [2.45, 2.75) is 32.2 Å². The van der Waals surface area contributed by atoms with Gasteiger partial charge in [0.05, 0.1) is 6.61 Å². The van der Waals surface area contributed by atoms with E-state index in [1.54, 1.807) is 0 Å². The Bertz CT molecular complexity index is 448. The van der Waals surface area contributed by atoms with Crippen LogP contribution in [0.1, 0.15) is 36.5 Å². The zero-order chi connectivity index (χ0) is 14.4. The minimum absolute atomic E-state index is 0. The Morgan fingerprint density at radius 2 is 2.10 bits per heavy atom. The fourth-order valence-corrected chi connectivity index (χ4v) is 2.50. The van der Waals surface area contributed by atoms with Gasteiger partial charge in [-0.25, -0.2) is 0 Å². The van der Waals surface area contributed by atoms with Gasteiger partial charge in [-0.15, -0.1) is 12.4 Å². The number of amides is 1. The predicted molar refractivity (Wildman–Crippen MR) is 87.5 cm³/mol. The van der Waals surface area contributed by atoms with E-state index >= 15 is 0 Å². The fraction of sp³-hybridized carbons (Fsp3) is 0.562. The third-order valence-corrected chi connectivity index (χ3v) is 3.73. The molecule has 0 bridgehead atoms. The van der Waals surface area contributed by atoms with E-state index in [9.17, 15) is 4.79 Å². The molecule has 1 aliphatic rings. The molecule has 1 aromatic rings. The minimum Gasteiger partial charge on any atom is -0.494 e. The summed E-state index contributed by atoms with van der Waals surface area (Å²) in [5.41, 5.74) is 0.708. The molecule has 0 saturated carbocycles. The van der Waals surface area contributed by atoms with E-state index in [4.69, 9.17) is 4.74 Å². The van der Waals surface area contributed by atoms with Crippen LogP contribution in [-0.2, 0) is 0 Å². The summed E-state index contributed by atoms with van der Waals surface area (Å²) in [7, 11) is 1.90. The fourth-order valence-electron chi connectivity index (χ4n) is 2.50. The van der Waals surface area contributed by atoms with Gasteiger partial charge in [-0.3, -0.25) is 4.79 Å². The first-order chi connectivity index (χ1) is 9.72. The van der Waals surface area contributed by atoms with Crippen molar-refractivity contribution in [2.24, 2.45) is 0 Å². The maximum Gasteiger partial charge on any atom is 0.253 e. The molecule has 1 saturated heterocycles. The van der Waals surface area contributed by atoms with E-state index in [0.717, 1.165) is 38.1 Å². The van der Waals surface area contributed by atoms with Crippen LogP contribution in [0.4, 0.5) is 0 Å². The van der Waals surface area contributed by atoms with Crippen LogP contribution in [0.15, 0.2) is 24.3 Å². The summed E-state index contributed by atoms with van der Waals surface area (Å²) >= 11 is 0. The molecule has 0 aromatic heterocycles. The third kappa shape index (κ3) is 4.90. The molecule has 0 atom stereocenters. The summed E-state index contributed by atoms with van der Waals surface area (Å²) in [4.78, 5) is 14.4. The van der Waals surface area contributed by atoms with Gasteiger partial charge in [0.15, 0.2) is 0 Å². The Morgan fingerprint density at radius 3 is 2.76 bits per heavy atom. The predicted octanol–water partition coefficient (Wildman–Crippen LogP) is 2.72. The van der Waals surface area contributed by atoms with Gasteiger partial charge in [-0.05, 0) is 50.6 Å². The van der Waals surface area contributed by atoms with Crippen molar-refractivity contribution < 1.29 is 9.53 Å². The number of carbonyl (C=O) groups is 1. The average Bonchev–Trinajstić information content (AvgIpc) is 2.52. The number of hydrogen-bond donors (Lipinski definition) is 1. The van der Waals surface area contributed by atoms with Gasteiger partial charge in [0.1, 0.15) is 5.75 Å². The van der Waals surface area contributed by atoms with Gasteiger partial charge in [0.25, 0.3) is 5.91 Å². The number of halogens is 1. The zero-order valence-corrected chi connectivity index (χ0v) is 13.6. The normalized spacial score (nSPS) is 15.1. The molecule has 1 amide bonds. The second-order valence-electron chi connectivity index (χ2n) is 5.27. The topological polar surface area (TPSA) is 41.6 Å². The number of nitrogens with one attached hydrogen (secondary N) is 1. The Balaban J connectivity index is 0.00000220. The third-order valence-electron chi connectivity index (χ3n) is 3.73. The standard InChI is InChI=1S/C16H24N2O2.ClH/c1-3-11-20-15-6-4-5-13(12-15)16(19)18(2)14-7-9-17-10-8-14;/h4-6,12,14,17H,3,7-11H2,1-2H3;1H. The first-order valence-electron chi connectivity index (χ1n) is 7.43. The lowest BCUT2D eigenvalue weighted by Crippen LogP contribution is -2.43. The lowest BCUT2D eigenvalue weighted by molar-refractivity contribution is 0.0703. The Kier molecular flexibility index (Phi) is 7.54. The first-order valence-corrected chi connectivity index (χ1v) is 7.43. The van der Waals surface area contributed by atoms with E-state index in [-0.39, 0.29) is 18.3 Å². The zero-order valence-electron chi connectivity index (χ0n) is 12.8. The number of nitrogens with zero attached hydrogens (tertiary/aromatic N) is 1. The average molecular weight is 313 g/mol. The van der Waals surface area contributed by atoms with Crippen LogP contribution in [0.25, 0.3) is 0 Å². The maximum absolute atomic E-state index is 12.5. The van der Waals surface area contributed by atoms with Crippen LogP contribution in [-0.4, -0.2) is 43.6 Å². The van der Waals surface area contributed by atoms with E-state index in [0.29, 0.717) is 18.2 Å². The largest absolute Gasteiger partial charge is 0.494 e. The van der Waals surface area contributed by atoms with Crippen molar-refractivity contribution in [3.8, 4) is 5.75 Å². The Hall–Kier alpha value is -1.26. The summed E-state index contributed by atoms with van der Waals surface area (Å²) in [6.07, 6.45) is 3.01. The van der Waals surface area contributed by atoms with Crippen LogP contribution in [0.3, 0.4) is 0 Å². The quantitative estimate of drug-likeness (QED) is 0.909. The van der Waals surface area contributed by atoms with Crippen molar-refractivity contribution in [3.05, 3.63) is 29.8 Å². The van der Waals surface area contributed by atoms with Gasteiger partial charge in [-0.2, -0.15) is 0 Å². The smallest absolute Gasteiger partial charge is 0.253 e. The van der Waals surface area contributed by atoms with Crippen molar-refractivity contribution in [1.29, 1.82) is 0 Å². The van der Waals surface area contributed by atoms with Crippen LogP contribution >= 0.6 is 12.4 Å². The lowest BCUT2D eigenvalue weighted by Gasteiger charge is -2.31. The van der Waals surface area contributed by atoms with E-state index in [1.807, 2.05) is 36.2 Å². The highest BCUT2D eigenvalue weighted by Crippen LogP contribution is 2.18. The first kappa shape index (κ1) is 17.8. The molecule has 0 radical (unpaired) electrons. The highest BCUT2D eigenvalue weighted by Gasteiger charge is 2.22. The van der Waals surface area contributed by atoms with Crippen LogP contribution in [0, 0.1) is 0 Å². The molecule has 0 spiro atoms. The van der Waals surface area contributed by atoms with Gasteiger partial charge < -0.3 is 15.0 Å². The molecule has 1 aromatic carbocycles. The Morgan fingerprint density at radius 1 is 1.38 bits per heavy atom. The van der Waals surface area contributed by atoms with Crippen molar-refractivity contribution in [3.63, 3.8) is 0 Å². The number of carbonyl (C=O) groups excluding carboxylic acids is 1. The molecular formula is C16H25ClN2O2. The molecule has 1 aliphatic heterocycles. The summed E-state index contributed by atoms with van der Waals surface area (Å²) < 4.78 is 5.59. The summed E-state index contributed by atoms with van der Waals surface area (Å²) in [5.74, 6) is 0.857. The lowest BCUT2D eigenvalue weighted by atomic mass is 10.0.